The molecule has 1 aliphatic rings. The number of benzene rings is 1. The monoisotopic (exact) mass is 312 g/mol. The molecule has 3 nitrogen and oxygen atoms in total. The Balaban J connectivity index is 2.15. The normalized spacial score (nSPS) is 20.8. The fraction of sp³-hybridized carbons (Fsp3) is 0.571. The zero-order valence-corrected chi connectivity index (χ0v) is 12.6. The Morgan fingerprint density at radius 3 is 2.50 bits per heavy atom. The van der Waals surface area contributed by atoms with Gasteiger partial charge in [0, 0.05) is 23.6 Å². The molecule has 1 aliphatic heterocycles. The van der Waals surface area contributed by atoms with Gasteiger partial charge in [-0.05, 0) is 60.3 Å². The van der Waals surface area contributed by atoms with Crippen molar-refractivity contribution in [2.24, 2.45) is 5.73 Å². The van der Waals surface area contributed by atoms with Crippen molar-refractivity contribution >= 4 is 21.6 Å². The lowest BCUT2D eigenvalue weighted by Gasteiger charge is -2.37. The SMILES string of the molecule is C[C@@H](N)c1ccc(N2CCC(C)(O)CC2)c(Br)c1. The van der Waals surface area contributed by atoms with Crippen molar-refractivity contribution in [2.45, 2.75) is 38.3 Å². The van der Waals surface area contributed by atoms with Gasteiger partial charge in [-0.15, -0.1) is 0 Å². The molecule has 1 fully saturated rings. The average molecular weight is 313 g/mol. The third kappa shape index (κ3) is 3.05. The molecule has 1 atom stereocenters. The molecule has 0 saturated carbocycles. The number of aliphatic hydroxyl groups is 1. The first kappa shape index (κ1) is 13.8. The van der Waals surface area contributed by atoms with Crippen LogP contribution in [0.5, 0.6) is 0 Å². The number of nitrogens with zero attached hydrogens (tertiary/aromatic N) is 1. The predicted octanol–water partition coefficient (Wildman–Crippen LogP) is 2.82. The number of halogens is 1. The number of piperidine rings is 1. The standard InChI is InChI=1S/C14H21BrN2O/c1-10(16)11-3-4-13(12(15)9-11)17-7-5-14(2,18)6-8-17/h3-4,9-10,18H,5-8,16H2,1-2H3/t10-/m1/s1. The van der Waals surface area contributed by atoms with Crippen LogP contribution in [0, 0.1) is 0 Å². The fourth-order valence-electron chi connectivity index (χ4n) is 2.29. The summed E-state index contributed by atoms with van der Waals surface area (Å²) < 4.78 is 1.08. The molecule has 4 heteroatoms. The van der Waals surface area contributed by atoms with Crippen molar-refractivity contribution < 1.29 is 5.11 Å². The van der Waals surface area contributed by atoms with E-state index in [-0.39, 0.29) is 6.04 Å². The zero-order chi connectivity index (χ0) is 13.3. The maximum absolute atomic E-state index is 9.97. The number of nitrogens with two attached hydrogens (primary N) is 1. The zero-order valence-electron chi connectivity index (χ0n) is 11.0. The second-order valence-corrected chi connectivity index (χ2v) is 6.34. The molecule has 0 amide bonds. The van der Waals surface area contributed by atoms with Crippen LogP contribution in [0.25, 0.3) is 0 Å². The summed E-state index contributed by atoms with van der Waals surface area (Å²) in [6.45, 7) is 5.68. The van der Waals surface area contributed by atoms with Crippen LogP contribution in [-0.2, 0) is 0 Å². The highest BCUT2D eigenvalue weighted by Crippen LogP contribution is 2.32. The van der Waals surface area contributed by atoms with Crippen molar-refractivity contribution in [3.63, 3.8) is 0 Å². The summed E-state index contributed by atoms with van der Waals surface area (Å²) in [6.07, 6.45) is 1.63. The van der Waals surface area contributed by atoms with Gasteiger partial charge in [-0.1, -0.05) is 6.07 Å². The Labute approximate surface area is 117 Å². The molecule has 100 valence electrons. The van der Waals surface area contributed by atoms with Gasteiger partial charge >= 0.3 is 0 Å². The van der Waals surface area contributed by atoms with E-state index in [1.807, 2.05) is 13.8 Å². The van der Waals surface area contributed by atoms with Gasteiger partial charge in [0.05, 0.1) is 11.3 Å². The summed E-state index contributed by atoms with van der Waals surface area (Å²) in [4.78, 5) is 2.31. The maximum Gasteiger partial charge on any atom is 0.0653 e. The minimum absolute atomic E-state index is 0.0532. The number of anilines is 1. The highest BCUT2D eigenvalue weighted by atomic mass is 79.9. The molecule has 0 unspecified atom stereocenters. The molecule has 18 heavy (non-hydrogen) atoms. The molecule has 0 aromatic heterocycles. The van der Waals surface area contributed by atoms with Crippen LogP contribution in [0.2, 0.25) is 0 Å². The molecule has 0 spiro atoms. The van der Waals surface area contributed by atoms with Crippen LogP contribution < -0.4 is 10.6 Å². The number of hydrogen-bond acceptors (Lipinski definition) is 3. The summed E-state index contributed by atoms with van der Waals surface area (Å²) in [5.74, 6) is 0. The first-order valence-electron chi connectivity index (χ1n) is 6.41. The Kier molecular flexibility index (Phi) is 3.99. The van der Waals surface area contributed by atoms with E-state index in [2.05, 4.69) is 39.0 Å². The Morgan fingerprint density at radius 1 is 1.39 bits per heavy atom. The third-order valence-electron chi connectivity index (χ3n) is 3.68. The van der Waals surface area contributed by atoms with Gasteiger partial charge in [0.15, 0.2) is 0 Å². The van der Waals surface area contributed by atoms with E-state index in [0.717, 1.165) is 36.0 Å². The topological polar surface area (TPSA) is 49.5 Å². The van der Waals surface area contributed by atoms with Crippen molar-refractivity contribution in [2.75, 3.05) is 18.0 Å². The summed E-state index contributed by atoms with van der Waals surface area (Å²) in [6, 6.07) is 6.34. The molecule has 0 aliphatic carbocycles. The van der Waals surface area contributed by atoms with Gasteiger partial charge in [-0.25, -0.2) is 0 Å². The maximum atomic E-state index is 9.97. The number of hydrogen-bond donors (Lipinski definition) is 2. The molecule has 1 heterocycles. The summed E-state index contributed by atoms with van der Waals surface area (Å²) in [7, 11) is 0. The second kappa shape index (κ2) is 5.19. The van der Waals surface area contributed by atoms with Crippen LogP contribution in [0.3, 0.4) is 0 Å². The van der Waals surface area contributed by atoms with Gasteiger partial charge in [0.25, 0.3) is 0 Å². The highest BCUT2D eigenvalue weighted by molar-refractivity contribution is 9.10. The van der Waals surface area contributed by atoms with Gasteiger partial charge in [0.2, 0.25) is 0 Å². The van der Waals surface area contributed by atoms with E-state index in [9.17, 15) is 5.11 Å². The van der Waals surface area contributed by atoms with E-state index >= 15 is 0 Å². The molecule has 1 aromatic rings. The van der Waals surface area contributed by atoms with Crippen molar-refractivity contribution in [1.29, 1.82) is 0 Å². The van der Waals surface area contributed by atoms with Crippen LogP contribution in [0.15, 0.2) is 22.7 Å². The lowest BCUT2D eigenvalue weighted by atomic mass is 9.93. The van der Waals surface area contributed by atoms with Crippen LogP contribution in [0.1, 0.15) is 38.3 Å². The Hall–Kier alpha value is -0.580. The van der Waals surface area contributed by atoms with Gasteiger partial charge < -0.3 is 15.7 Å². The smallest absolute Gasteiger partial charge is 0.0653 e. The largest absolute Gasteiger partial charge is 0.390 e. The lowest BCUT2D eigenvalue weighted by Crippen LogP contribution is -2.42. The quantitative estimate of drug-likeness (QED) is 0.883. The van der Waals surface area contributed by atoms with Crippen LogP contribution in [0.4, 0.5) is 5.69 Å². The average Bonchev–Trinajstić information content (AvgIpc) is 2.29. The third-order valence-corrected chi connectivity index (χ3v) is 4.31. The van der Waals surface area contributed by atoms with E-state index in [1.54, 1.807) is 0 Å². The van der Waals surface area contributed by atoms with Crippen molar-refractivity contribution in [1.82, 2.24) is 0 Å². The minimum atomic E-state index is -0.505. The van der Waals surface area contributed by atoms with E-state index in [4.69, 9.17) is 5.73 Å². The first-order valence-corrected chi connectivity index (χ1v) is 7.21. The van der Waals surface area contributed by atoms with E-state index in [1.165, 1.54) is 5.69 Å². The lowest BCUT2D eigenvalue weighted by molar-refractivity contribution is 0.0351. The van der Waals surface area contributed by atoms with Crippen molar-refractivity contribution in [3.8, 4) is 0 Å². The van der Waals surface area contributed by atoms with Gasteiger partial charge in [-0.3, -0.25) is 0 Å². The Morgan fingerprint density at radius 2 is 2.00 bits per heavy atom. The molecule has 2 rings (SSSR count). The summed E-state index contributed by atoms with van der Waals surface area (Å²) in [5.41, 5.74) is 7.70. The minimum Gasteiger partial charge on any atom is -0.390 e. The molecule has 0 bridgehead atoms. The fourth-order valence-corrected chi connectivity index (χ4v) is 2.94. The molecule has 3 N–H and O–H groups in total. The van der Waals surface area contributed by atoms with E-state index < -0.39 is 5.60 Å². The van der Waals surface area contributed by atoms with E-state index in [0.29, 0.717) is 0 Å². The Bertz CT molecular complexity index is 422. The van der Waals surface area contributed by atoms with Crippen LogP contribution in [-0.4, -0.2) is 23.8 Å². The predicted molar refractivity (Wildman–Crippen MR) is 78.8 cm³/mol. The highest BCUT2D eigenvalue weighted by Gasteiger charge is 2.28. The van der Waals surface area contributed by atoms with Crippen LogP contribution >= 0.6 is 15.9 Å². The van der Waals surface area contributed by atoms with Gasteiger partial charge in [0.1, 0.15) is 0 Å². The van der Waals surface area contributed by atoms with Crippen molar-refractivity contribution in [3.05, 3.63) is 28.2 Å². The number of rotatable bonds is 2. The first-order chi connectivity index (χ1) is 8.39. The molecular weight excluding hydrogens is 292 g/mol. The molecule has 1 saturated heterocycles. The molecular formula is C14H21BrN2O. The second-order valence-electron chi connectivity index (χ2n) is 5.48. The molecule has 0 radical (unpaired) electrons. The molecule has 1 aromatic carbocycles. The summed E-state index contributed by atoms with van der Waals surface area (Å²) >= 11 is 3.62. The van der Waals surface area contributed by atoms with Gasteiger partial charge in [-0.2, -0.15) is 0 Å². The summed E-state index contributed by atoms with van der Waals surface area (Å²) in [5, 5.41) is 9.97.